The molecule has 0 spiro atoms. The Morgan fingerprint density at radius 1 is 1.46 bits per heavy atom. The summed E-state index contributed by atoms with van der Waals surface area (Å²) in [5.41, 5.74) is 0.723. The van der Waals surface area contributed by atoms with Crippen LogP contribution in [0.25, 0.3) is 0 Å². The highest BCUT2D eigenvalue weighted by molar-refractivity contribution is 6.31. The molecule has 0 unspecified atom stereocenters. The first-order chi connectivity index (χ1) is 6.24. The van der Waals surface area contributed by atoms with E-state index in [2.05, 4.69) is 6.92 Å². The molecule has 2 heteroatoms. The number of ketones is 1. The summed E-state index contributed by atoms with van der Waals surface area (Å²) in [6, 6.07) is 7.11. The lowest BCUT2D eigenvalue weighted by Gasteiger charge is -1.99. The number of carbonyl (C=O) groups is 1. The number of benzene rings is 1. The van der Waals surface area contributed by atoms with Crippen molar-refractivity contribution in [3.05, 3.63) is 34.9 Å². The average molecular weight is 197 g/mol. The molecule has 0 N–H and O–H groups in total. The van der Waals surface area contributed by atoms with Gasteiger partial charge in [0.2, 0.25) is 0 Å². The molecule has 0 saturated carbocycles. The number of unbranched alkanes of at least 4 members (excludes halogenated alkanes) is 1. The minimum atomic E-state index is 0.185. The van der Waals surface area contributed by atoms with Crippen LogP contribution < -0.4 is 0 Å². The lowest BCUT2D eigenvalue weighted by Crippen LogP contribution is -1.97. The first kappa shape index (κ1) is 10.3. The predicted molar refractivity (Wildman–Crippen MR) is 55.3 cm³/mol. The molecule has 0 aliphatic rings. The van der Waals surface area contributed by atoms with Crippen molar-refractivity contribution in [3.8, 4) is 0 Å². The van der Waals surface area contributed by atoms with E-state index >= 15 is 0 Å². The molecule has 0 aliphatic heterocycles. The van der Waals surface area contributed by atoms with Gasteiger partial charge < -0.3 is 0 Å². The van der Waals surface area contributed by atoms with Crippen molar-refractivity contribution in [1.29, 1.82) is 0 Å². The topological polar surface area (TPSA) is 17.1 Å². The summed E-state index contributed by atoms with van der Waals surface area (Å²) in [5.74, 6) is 0.185. The molecule has 0 aliphatic carbocycles. The van der Waals surface area contributed by atoms with Crippen LogP contribution in [-0.2, 0) is 0 Å². The van der Waals surface area contributed by atoms with E-state index in [0.29, 0.717) is 11.4 Å². The van der Waals surface area contributed by atoms with E-state index in [-0.39, 0.29) is 5.78 Å². The van der Waals surface area contributed by atoms with Crippen molar-refractivity contribution in [2.45, 2.75) is 26.2 Å². The third-order valence-corrected chi connectivity index (χ3v) is 2.14. The standard InChI is InChI=1S/C11H13ClO/c1-2-3-7-11(13)9-5-4-6-10(12)8-9/h4-6,8H,2-3,7H2,1H3. The quantitative estimate of drug-likeness (QED) is 0.671. The van der Waals surface area contributed by atoms with Gasteiger partial charge in [0.1, 0.15) is 0 Å². The predicted octanol–water partition coefficient (Wildman–Crippen LogP) is 3.71. The second-order valence-electron chi connectivity index (χ2n) is 3.04. The number of Topliss-reactive ketones (excluding diaryl/α,β-unsaturated/α-hetero) is 1. The van der Waals surface area contributed by atoms with Gasteiger partial charge in [0.15, 0.2) is 5.78 Å². The molecule has 0 radical (unpaired) electrons. The number of halogens is 1. The largest absolute Gasteiger partial charge is 0.294 e. The Hall–Kier alpha value is -0.820. The van der Waals surface area contributed by atoms with Gasteiger partial charge in [-0.3, -0.25) is 4.79 Å². The lowest BCUT2D eigenvalue weighted by atomic mass is 10.1. The monoisotopic (exact) mass is 196 g/mol. The van der Waals surface area contributed by atoms with Gasteiger partial charge in [-0.05, 0) is 18.6 Å². The third-order valence-electron chi connectivity index (χ3n) is 1.90. The zero-order chi connectivity index (χ0) is 9.68. The fraction of sp³-hybridized carbons (Fsp3) is 0.364. The van der Waals surface area contributed by atoms with Crippen molar-refractivity contribution in [2.24, 2.45) is 0 Å². The molecule has 1 nitrogen and oxygen atoms in total. The summed E-state index contributed by atoms with van der Waals surface area (Å²) in [5, 5.41) is 0.627. The number of carbonyl (C=O) groups excluding carboxylic acids is 1. The van der Waals surface area contributed by atoms with Crippen LogP contribution in [0.2, 0.25) is 5.02 Å². The van der Waals surface area contributed by atoms with Crippen LogP contribution in [0.5, 0.6) is 0 Å². The van der Waals surface area contributed by atoms with Crippen LogP contribution in [0.1, 0.15) is 36.5 Å². The summed E-state index contributed by atoms with van der Waals surface area (Å²) in [6.45, 7) is 2.07. The Kier molecular flexibility index (Phi) is 3.97. The highest BCUT2D eigenvalue weighted by Crippen LogP contribution is 2.13. The van der Waals surface area contributed by atoms with E-state index in [0.717, 1.165) is 18.4 Å². The van der Waals surface area contributed by atoms with E-state index in [1.165, 1.54) is 0 Å². The Morgan fingerprint density at radius 2 is 2.23 bits per heavy atom. The van der Waals surface area contributed by atoms with Crippen LogP contribution in [0, 0.1) is 0 Å². The molecule has 0 amide bonds. The average Bonchev–Trinajstić information content (AvgIpc) is 2.14. The first-order valence-corrected chi connectivity index (χ1v) is 4.90. The molecule has 1 aromatic rings. The minimum absolute atomic E-state index is 0.185. The van der Waals surface area contributed by atoms with Gasteiger partial charge in [-0.15, -0.1) is 0 Å². The summed E-state index contributed by atoms with van der Waals surface area (Å²) >= 11 is 5.77. The fourth-order valence-electron chi connectivity index (χ4n) is 1.14. The van der Waals surface area contributed by atoms with Crippen LogP contribution in [0.15, 0.2) is 24.3 Å². The molecular formula is C11H13ClO. The van der Waals surface area contributed by atoms with Gasteiger partial charge in [0.25, 0.3) is 0 Å². The van der Waals surface area contributed by atoms with E-state index in [9.17, 15) is 4.79 Å². The van der Waals surface area contributed by atoms with E-state index in [1.807, 2.05) is 12.1 Å². The smallest absolute Gasteiger partial charge is 0.162 e. The zero-order valence-electron chi connectivity index (χ0n) is 7.72. The van der Waals surface area contributed by atoms with Crippen LogP contribution in [0.3, 0.4) is 0 Å². The van der Waals surface area contributed by atoms with Gasteiger partial charge in [-0.2, -0.15) is 0 Å². The maximum Gasteiger partial charge on any atom is 0.162 e. The molecule has 0 saturated heterocycles. The van der Waals surface area contributed by atoms with Crippen molar-refractivity contribution in [2.75, 3.05) is 0 Å². The molecular weight excluding hydrogens is 184 g/mol. The maximum absolute atomic E-state index is 11.5. The second kappa shape index (κ2) is 5.03. The minimum Gasteiger partial charge on any atom is -0.294 e. The van der Waals surface area contributed by atoms with Crippen LogP contribution in [-0.4, -0.2) is 5.78 Å². The second-order valence-corrected chi connectivity index (χ2v) is 3.47. The Morgan fingerprint density at radius 3 is 2.85 bits per heavy atom. The van der Waals surface area contributed by atoms with Gasteiger partial charge in [0.05, 0.1) is 0 Å². The lowest BCUT2D eigenvalue weighted by molar-refractivity contribution is 0.0980. The molecule has 0 atom stereocenters. The Bertz CT molecular complexity index is 294. The molecule has 1 aromatic carbocycles. The number of rotatable bonds is 4. The molecule has 0 fully saturated rings. The van der Waals surface area contributed by atoms with Crippen LogP contribution in [0.4, 0.5) is 0 Å². The zero-order valence-corrected chi connectivity index (χ0v) is 8.47. The maximum atomic E-state index is 11.5. The van der Waals surface area contributed by atoms with Gasteiger partial charge in [-0.1, -0.05) is 37.1 Å². The molecule has 70 valence electrons. The number of hydrogen-bond acceptors (Lipinski definition) is 1. The summed E-state index contributed by atoms with van der Waals surface area (Å²) in [6.07, 6.45) is 2.62. The summed E-state index contributed by atoms with van der Waals surface area (Å²) in [4.78, 5) is 11.5. The van der Waals surface area contributed by atoms with E-state index in [1.54, 1.807) is 12.1 Å². The Labute approximate surface area is 83.7 Å². The van der Waals surface area contributed by atoms with Gasteiger partial charge in [-0.25, -0.2) is 0 Å². The fourth-order valence-corrected chi connectivity index (χ4v) is 1.33. The van der Waals surface area contributed by atoms with Crippen LogP contribution >= 0.6 is 11.6 Å². The van der Waals surface area contributed by atoms with E-state index in [4.69, 9.17) is 11.6 Å². The van der Waals surface area contributed by atoms with Crippen molar-refractivity contribution in [3.63, 3.8) is 0 Å². The van der Waals surface area contributed by atoms with E-state index < -0.39 is 0 Å². The SMILES string of the molecule is CCCCC(=O)c1cccc(Cl)c1. The van der Waals surface area contributed by atoms with Gasteiger partial charge >= 0.3 is 0 Å². The molecule has 0 heterocycles. The summed E-state index contributed by atoms with van der Waals surface area (Å²) < 4.78 is 0. The molecule has 0 aromatic heterocycles. The third kappa shape index (κ3) is 3.19. The number of hydrogen-bond donors (Lipinski definition) is 0. The highest BCUT2D eigenvalue weighted by Gasteiger charge is 2.04. The van der Waals surface area contributed by atoms with Crippen molar-refractivity contribution in [1.82, 2.24) is 0 Å². The van der Waals surface area contributed by atoms with Crippen molar-refractivity contribution < 1.29 is 4.79 Å². The Balaban J connectivity index is 2.66. The normalized spacial score (nSPS) is 10.0. The van der Waals surface area contributed by atoms with Crippen molar-refractivity contribution >= 4 is 17.4 Å². The first-order valence-electron chi connectivity index (χ1n) is 4.53. The highest BCUT2D eigenvalue weighted by atomic mass is 35.5. The molecule has 1 rings (SSSR count). The molecule has 13 heavy (non-hydrogen) atoms. The summed E-state index contributed by atoms with van der Waals surface area (Å²) in [7, 11) is 0. The van der Waals surface area contributed by atoms with Gasteiger partial charge in [0, 0.05) is 17.0 Å². The molecule has 0 bridgehead atoms.